The van der Waals surface area contributed by atoms with Crippen LogP contribution in [-0.4, -0.2) is 19.0 Å². The molecule has 5 heteroatoms. The van der Waals surface area contributed by atoms with E-state index in [1.807, 2.05) is 0 Å². The molecular weight excluding hydrogens is 270 g/mol. The van der Waals surface area contributed by atoms with Gasteiger partial charge in [0, 0.05) is 11.3 Å². The predicted octanol–water partition coefficient (Wildman–Crippen LogP) is 2.29. The van der Waals surface area contributed by atoms with Gasteiger partial charge in [0.25, 0.3) is 0 Å². The third kappa shape index (κ3) is 2.58. The van der Waals surface area contributed by atoms with Crippen LogP contribution in [-0.2, 0) is 17.6 Å². The zero-order valence-corrected chi connectivity index (χ0v) is 12.5. The Hall–Kier alpha value is -1.38. The van der Waals surface area contributed by atoms with E-state index in [1.54, 1.807) is 11.3 Å². The van der Waals surface area contributed by atoms with Crippen molar-refractivity contribution in [1.82, 2.24) is 5.32 Å². The van der Waals surface area contributed by atoms with E-state index in [0.29, 0.717) is 23.8 Å². The third-order valence-corrected chi connectivity index (χ3v) is 5.39. The summed E-state index contributed by atoms with van der Waals surface area (Å²) in [5, 5.41) is 16.3. The molecule has 0 spiro atoms. The average Bonchev–Trinajstić information content (AvgIpc) is 2.70. The van der Waals surface area contributed by atoms with Crippen LogP contribution >= 0.6 is 11.3 Å². The molecule has 0 saturated carbocycles. The fourth-order valence-electron chi connectivity index (χ4n) is 2.89. The van der Waals surface area contributed by atoms with Crippen molar-refractivity contribution >= 4 is 22.2 Å². The number of carbonyl (C=O) groups excluding carboxylic acids is 1. The fraction of sp³-hybridized carbons (Fsp3) is 0.600. The Kier molecular flexibility index (Phi) is 3.77. The van der Waals surface area contributed by atoms with Crippen LogP contribution in [0, 0.1) is 23.2 Å². The van der Waals surface area contributed by atoms with E-state index in [9.17, 15) is 10.1 Å². The van der Waals surface area contributed by atoms with Crippen LogP contribution in [0.3, 0.4) is 0 Å². The van der Waals surface area contributed by atoms with Gasteiger partial charge in [0.1, 0.15) is 11.1 Å². The molecule has 1 aliphatic carbocycles. The first-order valence-electron chi connectivity index (χ1n) is 7.22. The van der Waals surface area contributed by atoms with Gasteiger partial charge in [-0.2, -0.15) is 5.26 Å². The first-order valence-corrected chi connectivity index (χ1v) is 8.04. The van der Waals surface area contributed by atoms with Crippen molar-refractivity contribution in [2.24, 2.45) is 11.8 Å². The number of nitrogens with one attached hydrogen (secondary N) is 2. The monoisotopic (exact) mass is 289 g/mol. The van der Waals surface area contributed by atoms with Gasteiger partial charge in [-0.15, -0.1) is 11.3 Å². The number of anilines is 1. The predicted molar refractivity (Wildman–Crippen MR) is 79.8 cm³/mol. The van der Waals surface area contributed by atoms with Gasteiger partial charge >= 0.3 is 0 Å². The Balaban J connectivity index is 1.75. The molecule has 20 heavy (non-hydrogen) atoms. The molecule has 1 aromatic rings. The van der Waals surface area contributed by atoms with Crippen molar-refractivity contribution in [3.8, 4) is 6.07 Å². The molecule has 1 aliphatic heterocycles. The Labute approximate surface area is 123 Å². The maximum atomic E-state index is 12.0. The second kappa shape index (κ2) is 5.55. The summed E-state index contributed by atoms with van der Waals surface area (Å²) in [4.78, 5) is 13.3. The van der Waals surface area contributed by atoms with Crippen molar-refractivity contribution in [3.63, 3.8) is 0 Å². The third-order valence-electron chi connectivity index (χ3n) is 4.22. The van der Waals surface area contributed by atoms with E-state index in [0.717, 1.165) is 37.4 Å². The second-order valence-electron chi connectivity index (χ2n) is 5.94. The van der Waals surface area contributed by atoms with Crippen LogP contribution in [0.5, 0.6) is 0 Å². The standard InChI is InChI=1S/C15H19N3OS/c1-9-2-3-11-12(6-16)15(20-13(11)4-9)18-14(19)5-10-7-17-8-10/h9-10,17H,2-5,7-8H2,1H3,(H,18,19). The van der Waals surface area contributed by atoms with Gasteiger partial charge in [0.05, 0.1) is 5.56 Å². The molecule has 1 fully saturated rings. The highest BCUT2D eigenvalue weighted by Crippen LogP contribution is 2.39. The fourth-order valence-corrected chi connectivity index (χ4v) is 4.27. The smallest absolute Gasteiger partial charge is 0.225 e. The van der Waals surface area contributed by atoms with E-state index in [4.69, 9.17) is 0 Å². The maximum absolute atomic E-state index is 12.0. The van der Waals surface area contributed by atoms with Crippen LogP contribution in [0.2, 0.25) is 0 Å². The lowest BCUT2D eigenvalue weighted by Crippen LogP contribution is -2.43. The molecular formula is C15H19N3OS. The summed E-state index contributed by atoms with van der Waals surface area (Å²) in [5.74, 6) is 1.17. The van der Waals surface area contributed by atoms with Gasteiger partial charge in [-0.3, -0.25) is 4.79 Å². The van der Waals surface area contributed by atoms with E-state index in [1.165, 1.54) is 10.4 Å². The quantitative estimate of drug-likeness (QED) is 0.897. The minimum Gasteiger partial charge on any atom is -0.317 e. The van der Waals surface area contributed by atoms with Crippen LogP contribution in [0.15, 0.2) is 0 Å². The molecule has 2 heterocycles. The minimum atomic E-state index is 0.0413. The largest absolute Gasteiger partial charge is 0.317 e. The van der Waals surface area contributed by atoms with Crippen molar-refractivity contribution < 1.29 is 4.79 Å². The van der Waals surface area contributed by atoms with E-state index in [2.05, 4.69) is 23.6 Å². The Bertz CT molecular complexity index is 568. The molecule has 0 aromatic carbocycles. The van der Waals surface area contributed by atoms with Crippen molar-refractivity contribution in [3.05, 3.63) is 16.0 Å². The first-order chi connectivity index (χ1) is 9.67. The molecule has 3 rings (SSSR count). The van der Waals surface area contributed by atoms with Gasteiger partial charge < -0.3 is 10.6 Å². The van der Waals surface area contributed by atoms with Gasteiger partial charge in [-0.1, -0.05) is 6.92 Å². The van der Waals surface area contributed by atoms with Crippen LogP contribution in [0.4, 0.5) is 5.00 Å². The lowest BCUT2D eigenvalue weighted by molar-refractivity contribution is -0.117. The number of fused-ring (bicyclic) bond motifs is 1. The minimum absolute atomic E-state index is 0.0413. The number of carbonyl (C=O) groups is 1. The summed E-state index contributed by atoms with van der Waals surface area (Å²) in [6, 6.07) is 2.29. The van der Waals surface area contributed by atoms with Crippen molar-refractivity contribution in [2.45, 2.75) is 32.6 Å². The Morgan fingerprint density at radius 3 is 3.00 bits per heavy atom. The molecule has 2 N–H and O–H groups in total. The molecule has 1 amide bonds. The number of nitriles is 1. The van der Waals surface area contributed by atoms with Crippen LogP contribution < -0.4 is 10.6 Å². The van der Waals surface area contributed by atoms with E-state index >= 15 is 0 Å². The summed E-state index contributed by atoms with van der Waals surface area (Å²) in [5.41, 5.74) is 1.88. The number of hydrogen-bond donors (Lipinski definition) is 2. The molecule has 2 aliphatic rings. The number of nitrogens with zero attached hydrogens (tertiary/aromatic N) is 1. The molecule has 0 bridgehead atoms. The summed E-state index contributed by atoms with van der Waals surface area (Å²) in [6.07, 6.45) is 3.70. The Morgan fingerprint density at radius 2 is 2.35 bits per heavy atom. The van der Waals surface area contributed by atoms with Crippen molar-refractivity contribution in [1.29, 1.82) is 5.26 Å². The highest BCUT2D eigenvalue weighted by atomic mass is 32.1. The summed E-state index contributed by atoms with van der Waals surface area (Å²) < 4.78 is 0. The SMILES string of the molecule is CC1CCc2c(sc(NC(=O)CC3CNC3)c2C#N)C1. The average molecular weight is 289 g/mol. The van der Waals surface area contributed by atoms with Crippen LogP contribution in [0.1, 0.15) is 35.8 Å². The van der Waals surface area contributed by atoms with Crippen LogP contribution in [0.25, 0.3) is 0 Å². The normalized spacial score (nSPS) is 21.7. The van der Waals surface area contributed by atoms with Gasteiger partial charge in [0.2, 0.25) is 5.91 Å². The molecule has 1 aromatic heterocycles. The lowest BCUT2D eigenvalue weighted by atomic mass is 9.88. The summed E-state index contributed by atoms with van der Waals surface area (Å²) >= 11 is 1.60. The summed E-state index contributed by atoms with van der Waals surface area (Å²) in [6.45, 7) is 4.10. The van der Waals surface area contributed by atoms with Gasteiger partial charge in [0.15, 0.2) is 0 Å². The summed E-state index contributed by atoms with van der Waals surface area (Å²) in [7, 11) is 0. The molecule has 106 valence electrons. The molecule has 1 atom stereocenters. The van der Waals surface area contributed by atoms with Crippen molar-refractivity contribution in [2.75, 3.05) is 18.4 Å². The first kappa shape index (κ1) is 13.6. The Morgan fingerprint density at radius 1 is 1.55 bits per heavy atom. The topological polar surface area (TPSA) is 64.9 Å². The number of hydrogen-bond acceptors (Lipinski definition) is 4. The number of thiophene rings is 1. The van der Waals surface area contributed by atoms with Gasteiger partial charge in [-0.25, -0.2) is 0 Å². The lowest BCUT2D eigenvalue weighted by Gasteiger charge is -2.26. The molecule has 0 radical (unpaired) electrons. The maximum Gasteiger partial charge on any atom is 0.225 e. The van der Waals surface area contributed by atoms with Gasteiger partial charge in [-0.05, 0) is 49.8 Å². The van der Waals surface area contributed by atoms with E-state index < -0.39 is 0 Å². The second-order valence-corrected chi connectivity index (χ2v) is 7.05. The highest BCUT2D eigenvalue weighted by Gasteiger charge is 2.26. The molecule has 4 nitrogen and oxygen atoms in total. The zero-order chi connectivity index (χ0) is 14.1. The number of rotatable bonds is 3. The molecule has 1 unspecified atom stereocenters. The van der Waals surface area contributed by atoms with E-state index in [-0.39, 0.29) is 5.91 Å². The highest BCUT2D eigenvalue weighted by molar-refractivity contribution is 7.16. The zero-order valence-electron chi connectivity index (χ0n) is 11.7. The molecule has 1 saturated heterocycles. The number of amides is 1.